The Morgan fingerprint density at radius 2 is 2.06 bits per heavy atom. The predicted octanol–water partition coefficient (Wildman–Crippen LogP) is 1.97. The van der Waals surface area contributed by atoms with Crippen molar-refractivity contribution in [2.75, 3.05) is 32.2 Å². The third-order valence-corrected chi connectivity index (χ3v) is 5.65. The minimum Gasteiger partial charge on any atom is -0.481 e. The molecule has 0 bridgehead atoms. The first-order valence-electron chi connectivity index (χ1n) is 11.0. The zero-order valence-corrected chi connectivity index (χ0v) is 18.5. The maximum Gasteiger partial charge on any atom is 0.263 e. The highest BCUT2D eigenvalue weighted by atomic mass is 19.1. The van der Waals surface area contributed by atoms with Crippen molar-refractivity contribution < 1.29 is 28.1 Å². The summed E-state index contributed by atoms with van der Waals surface area (Å²) in [6, 6.07) is 7.06. The summed E-state index contributed by atoms with van der Waals surface area (Å²) in [6.07, 6.45) is 1.63. The number of halogens is 1. The van der Waals surface area contributed by atoms with Crippen LogP contribution >= 0.6 is 0 Å². The fraction of sp³-hybridized carbons (Fsp3) is 0.391. The molecule has 1 fully saturated rings. The molecule has 0 saturated carbocycles. The number of carbonyl (C=O) groups excluding carboxylic acids is 1. The molecular weight excluding hydrogens is 445 g/mol. The number of ether oxygens (including phenoxy) is 4. The minimum absolute atomic E-state index is 0.00107. The molecule has 3 aromatic heterocycles. The number of hydrogen-bond donors (Lipinski definition) is 2. The van der Waals surface area contributed by atoms with E-state index in [9.17, 15) is 9.18 Å². The molecule has 2 aliphatic rings. The molecule has 11 heteroatoms. The maximum absolute atomic E-state index is 14.5. The zero-order valence-electron chi connectivity index (χ0n) is 18.5. The SMILES string of the molecule is COc1ccc2ncc(F)c(CC[C@H]3OC[C@H](NCc4ccc5c(n4)NC(=O)CO5)CO3)c2n1. The van der Waals surface area contributed by atoms with Gasteiger partial charge in [0.15, 0.2) is 24.5 Å². The van der Waals surface area contributed by atoms with Crippen LogP contribution in [0.2, 0.25) is 0 Å². The van der Waals surface area contributed by atoms with Crippen molar-refractivity contribution in [2.45, 2.75) is 31.7 Å². The van der Waals surface area contributed by atoms with E-state index < -0.39 is 12.1 Å². The number of pyridine rings is 3. The first-order chi connectivity index (χ1) is 16.6. The molecule has 2 aliphatic heterocycles. The minimum atomic E-state index is -0.444. The van der Waals surface area contributed by atoms with Crippen LogP contribution in [0, 0.1) is 5.82 Å². The van der Waals surface area contributed by atoms with E-state index in [4.69, 9.17) is 18.9 Å². The highest BCUT2D eigenvalue weighted by Gasteiger charge is 2.24. The van der Waals surface area contributed by atoms with E-state index >= 15 is 0 Å². The number of methoxy groups -OCH3 is 1. The normalized spacial score (nSPS) is 19.9. The Morgan fingerprint density at radius 3 is 2.88 bits per heavy atom. The standard InChI is InChI=1S/C23H24FN5O5/c1-31-20-6-4-17-22(29-20)15(16(24)9-26-17)3-7-21-33-10-14(11-34-21)25-8-13-2-5-18-23(27-13)28-19(30)12-32-18/h2,4-6,9,14,21,25H,3,7-8,10-12H2,1H3,(H,27,28,30)/t14-,21-. The third kappa shape index (κ3) is 4.91. The van der Waals surface area contributed by atoms with Crippen molar-refractivity contribution in [3.05, 3.63) is 47.5 Å². The summed E-state index contributed by atoms with van der Waals surface area (Å²) >= 11 is 0. The smallest absolute Gasteiger partial charge is 0.263 e. The van der Waals surface area contributed by atoms with Gasteiger partial charge in [0.05, 0.1) is 49.3 Å². The van der Waals surface area contributed by atoms with Crippen LogP contribution in [0.4, 0.5) is 10.2 Å². The van der Waals surface area contributed by atoms with E-state index in [-0.39, 0.29) is 18.6 Å². The van der Waals surface area contributed by atoms with Crippen molar-refractivity contribution in [1.82, 2.24) is 20.3 Å². The number of aromatic nitrogens is 3. The summed E-state index contributed by atoms with van der Waals surface area (Å²) in [5, 5.41) is 6.04. The van der Waals surface area contributed by atoms with Gasteiger partial charge in [0.2, 0.25) is 5.88 Å². The van der Waals surface area contributed by atoms with Gasteiger partial charge < -0.3 is 29.6 Å². The fourth-order valence-corrected chi connectivity index (χ4v) is 3.87. The van der Waals surface area contributed by atoms with Crippen molar-refractivity contribution in [1.29, 1.82) is 0 Å². The summed E-state index contributed by atoms with van der Waals surface area (Å²) in [7, 11) is 1.52. The van der Waals surface area contributed by atoms with Crippen molar-refractivity contribution in [2.24, 2.45) is 0 Å². The molecule has 0 aliphatic carbocycles. The third-order valence-electron chi connectivity index (χ3n) is 5.65. The Morgan fingerprint density at radius 1 is 1.21 bits per heavy atom. The van der Waals surface area contributed by atoms with Gasteiger partial charge in [0, 0.05) is 24.6 Å². The number of aryl methyl sites for hydroxylation is 1. The lowest BCUT2D eigenvalue weighted by Gasteiger charge is -2.30. The molecule has 0 atom stereocenters. The molecule has 0 unspecified atom stereocenters. The number of amides is 1. The quantitative estimate of drug-likeness (QED) is 0.536. The first-order valence-corrected chi connectivity index (χ1v) is 11.0. The Kier molecular flexibility index (Phi) is 6.48. The van der Waals surface area contributed by atoms with Gasteiger partial charge in [-0.2, -0.15) is 0 Å². The van der Waals surface area contributed by atoms with Gasteiger partial charge in [-0.25, -0.2) is 14.4 Å². The number of carbonyl (C=O) groups is 1. The lowest BCUT2D eigenvalue weighted by molar-refractivity contribution is -0.192. The van der Waals surface area contributed by atoms with Gasteiger partial charge in [-0.15, -0.1) is 0 Å². The van der Waals surface area contributed by atoms with Crippen LogP contribution in [0.15, 0.2) is 30.5 Å². The summed E-state index contributed by atoms with van der Waals surface area (Å²) in [4.78, 5) is 24.3. The maximum atomic E-state index is 14.5. The molecular formula is C23H24FN5O5. The van der Waals surface area contributed by atoms with E-state index in [1.165, 1.54) is 13.3 Å². The van der Waals surface area contributed by atoms with Gasteiger partial charge in [0.1, 0.15) is 5.82 Å². The van der Waals surface area contributed by atoms with Crippen LogP contribution in [0.3, 0.4) is 0 Å². The van der Waals surface area contributed by atoms with Crippen LogP contribution in [0.5, 0.6) is 11.6 Å². The molecule has 5 heterocycles. The Labute approximate surface area is 194 Å². The second-order valence-electron chi connectivity index (χ2n) is 8.00. The van der Waals surface area contributed by atoms with E-state index in [0.717, 1.165) is 5.69 Å². The average Bonchev–Trinajstić information content (AvgIpc) is 2.87. The molecule has 0 aromatic carbocycles. The van der Waals surface area contributed by atoms with Gasteiger partial charge >= 0.3 is 0 Å². The van der Waals surface area contributed by atoms with E-state index in [1.54, 1.807) is 18.2 Å². The van der Waals surface area contributed by atoms with Crippen molar-refractivity contribution in [3.63, 3.8) is 0 Å². The number of nitrogens with one attached hydrogen (secondary N) is 2. The monoisotopic (exact) mass is 469 g/mol. The number of anilines is 1. The molecule has 0 spiro atoms. The summed E-state index contributed by atoms with van der Waals surface area (Å²) in [5.41, 5.74) is 2.31. The number of hydrogen-bond acceptors (Lipinski definition) is 9. The number of rotatable bonds is 7. The molecule has 10 nitrogen and oxygen atoms in total. The molecule has 2 N–H and O–H groups in total. The van der Waals surface area contributed by atoms with Crippen LogP contribution in [0.1, 0.15) is 17.7 Å². The van der Waals surface area contributed by atoms with Gasteiger partial charge in [-0.1, -0.05) is 0 Å². The molecule has 5 rings (SSSR count). The van der Waals surface area contributed by atoms with E-state index in [2.05, 4.69) is 25.6 Å². The lowest BCUT2D eigenvalue weighted by atomic mass is 10.1. The van der Waals surface area contributed by atoms with Crippen LogP contribution in [0.25, 0.3) is 11.0 Å². The molecule has 178 valence electrons. The molecule has 1 saturated heterocycles. The van der Waals surface area contributed by atoms with Crippen LogP contribution in [-0.2, 0) is 27.2 Å². The van der Waals surface area contributed by atoms with Crippen LogP contribution < -0.4 is 20.1 Å². The Bertz CT molecular complexity index is 1200. The topological polar surface area (TPSA) is 117 Å². The average molecular weight is 469 g/mol. The van der Waals surface area contributed by atoms with Crippen molar-refractivity contribution >= 4 is 22.8 Å². The predicted molar refractivity (Wildman–Crippen MR) is 119 cm³/mol. The van der Waals surface area contributed by atoms with Gasteiger partial charge in [-0.3, -0.25) is 9.78 Å². The molecule has 3 aromatic rings. The van der Waals surface area contributed by atoms with E-state index in [0.29, 0.717) is 66.6 Å². The summed E-state index contributed by atoms with van der Waals surface area (Å²) in [6.45, 7) is 1.37. The first kappa shape index (κ1) is 22.4. The number of nitrogens with zero attached hydrogens (tertiary/aromatic N) is 3. The summed E-state index contributed by atoms with van der Waals surface area (Å²) in [5.74, 6) is 0.753. The Balaban J connectivity index is 1.13. The molecule has 0 radical (unpaired) electrons. The fourth-order valence-electron chi connectivity index (χ4n) is 3.87. The van der Waals surface area contributed by atoms with Crippen molar-refractivity contribution in [3.8, 4) is 11.6 Å². The summed E-state index contributed by atoms with van der Waals surface area (Å²) < 4.78 is 36.6. The zero-order chi connectivity index (χ0) is 23.5. The lowest BCUT2D eigenvalue weighted by Crippen LogP contribution is -2.44. The second kappa shape index (κ2) is 9.84. The number of fused-ring (bicyclic) bond motifs is 2. The van der Waals surface area contributed by atoms with Gasteiger partial charge in [0.25, 0.3) is 5.91 Å². The second-order valence-corrected chi connectivity index (χ2v) is 8.00. The molecule has 34 heavy (non-hydrogen) atoms. The largest absolute Gasteiger partial charge is 0.481 e. The van der Waals surface area contributed by atoms with Crippen LogP contribution in [-0.4, -0.2) is 60.1 Å². The highest BCUT2D eigenvalue weighted by Crippen LogP contribution is 2.26. The molecule has 1 amide bonds. The van der Waals surface area contributed by atoms with E-state index in [1.807, 2.05) is 6.07 Å². The highest BCUT2D eigenvalue weighted by molar-refractivity contribution is 5.94. The van der Waals surface area contributed by atoms with Gasteiger partial charge in [-0.05, 0) is 24.6 Å². The Hall–Kier alpha value is -3.41.